The maximum Gasteiger partial charge on any atom is 0.270 e. The first-order valence-electron chi connectivity index (χ1n) is 16.2. The molecule has 248 valence electrons. The second kappa shape index (κ2) is 13.1. The minimum absolute atomic E-state index is 0.0685. The molecular formula is C35H42ClN7O4. The van der Waals surface area contributed by atoms with E-state index in [0.717, 1.165) is 29.5 Å². The molecule has 11 nitrogen and oxygen atoms in total. The third-order valence-corrected chi connectivity index (χ3v) is 9.77. The lowest BCUT2D eigenvalue weighted by atomic mass is 9.81. The number of amides is 3. The van der Waals surface area contributed by atoms with Crippen LogP contribution in [0.3, 0.4) is 0 Å². The number of imidazole rings is 1. The van der Waals surface area contributed by atoms with E-state index in [-0.39, 0.29) is 42.2 Å². The number of aromatic amines is 1. The highest BCUT2D eigenvalue weighted by Gasteiger charge is 2.40. The summed E-state index contributed by atoms with van der Waals surface area (Å²) in [6.45, 7) is 8.49. The van der Waals surface area contributed by atoms with E-state index in [9.17, 15) is 14.4 Å². The van der Waals surface area contributed by atoms with Crippen LogP contribution in [0.25, 0.3) is 11.0 Å². The maximum absolute atomic E-state index is 13.7. The van der Waals surface area contributed by atoms with Crippen LogP contribution in [0.1, 0.15) is 79.9 Å². The fourth-order valence-corrected chi connectivity index (χ4v) is 6.61. The van der Waals surface area contributed by atoms with E-state index in [4.69, 9.17) is 21.3 Å². The summed E-state index contributed by atoms with van der Waals surface area (Å²) in [5, 5.41) is 14.1. The van der Waals surface area contributed by atoms with E-state index in [1.165, 1.54) is 4.68 Å². The zero-order valence-electron chi connectivity index (χ0n) is 27.3. The van der Waals surface area contributed by atoms with Crippen LogP contribution < -0.4 is 16.0 Å². The molecule has 1 saturated heterocycles. The molecule has 4 atom stereocenters. The van der Waals surface area contributed by atoms with Crippen molar-refractivity contribution in [3.63, 3.8) is 0 Å². The number of ether oxygens (including phenoxy) is 1. The lowest BCUT2D eigenvalue weighted by molar-refractivity contribution is -0.128. The average molecular weight is 660 g/mol. The lowest BCUT2D eigenvalue weighted by Gasteiger charge is -2.31. The van der Waals surface area contributed by atoms with Crippen molar-refractivity contribution in [3.05, 3.63) is 82.4 Å². The molecule has 1 aliphatic carbocycles. The van der Waals surface area contributed by atoms with Crippen LogP contribution in [0.15, 0.2) is 54.7 Å². The van der Waals surface area contributed by atoms with Crippen molar-refractivity contribution in [2.75, 3.05) is 13.2 Å². The van der Waals surface area contributed by atoms with Crippen LogP contribution in [0, 0.1) is 11.8 Å². The number of carbonyl (C=O) groups excluding carboxylic acids is 3. The van der Waals surface area contributed by atoms with Gasteiger partial charge in [-0.1, -0.05) is 49.7 Å². The van der Waals surface area contributed by atoms with Gasteiger partial charge in [0.15, 0.2) is 0 Å². The van der Waals surface area contributed by atoms with Crippen LogP contribution in [0.5, 0.6) is 0 Å². The Hall–Kier alpha value is -4.22. The zero-order chi connectivity index (χ0) is 33.5. The molecule has 12 heteroatoms. The summed E-state index contributed by atoms with van der Waals surface area (Å²) < 4.78 is 7.13. The van der Waals surface area contributed by atoms with E-state index in [0.29, 0.717) is 28.7 Å². The SMILES string of the molecule is CC(C)C(c1ccccc1Cl)C(NC(=O)c1ccnn1C)c1nc2ccc(C(C)(C)C(=O)NC3COCC3C(=O)NC3CC3)cc2[nH]1. The molecule has 6 rings (SSSR count). The topological polar surface area (TPSA) is 143 Å². The van der Waals surface area contributed by atoms with Crippen molar-refractivity contribution in [2.45, 2.75) is 70.0 Å². The molecule has 2 aromatic heterocycles. The van der Waals surface area contributed by atoms with Crippen molar-refractivity contribution in [3.8, 4) is 0 Å². The number of benzene rings is 2. The third kappa shape index (κ3) is 6.78. The lowest BCUT2D eigenvalue weighted by Crippen LogP contribution is -2.51. The number of rotatable bonds is 11. The third-order valence-electron chi connectivity index (χ3n) is 9.42. The Bertz CT molecular complexity index is 1790. The van der Waals surface area contributed by atoms with Gasteiger partial charge in [0.25, 0.3) is 5.91 Å². The number of carbonyl (C=O) groups is 3. The molecule has 3 heterocycles. The van der Waals surface area contributed by atoms with Gasteiger partial charge in [-0.25, -0.2) is 4.98 Å². The highest BCUT2D eigenvalue weighted by atomic mass is 35.5. The first kappa shape index (κ1) is 32.7. The molecule has 4 aromatic rings. The first-order chi connectivity index (χ1) is 22.4. The van der Waals surface area contributed by atoms with Crippen LogP contribution in [0.4, 0.5) is 0 Å². The molecule has 47 heavy (non-hydrogen) atoms. The number of fused-ring (bicyclic) bond motifs is 1. The number of aryl methyl sites for hydroxylation is 1. The Morgan fingerprint density at radius 2 is 1.83 bits per heavy atom. The van der Waals surface area contributed by atoms with Gasteiger partial charge in [-0.15, -0.1) is 0 Å². The van der Waals surface area contributed by atoms with Crippen molar-refractivity contribution in [2.24, 2.45) is 18.9 Å². The summed E-state index contributed by atoms with van der Waals surface area (Å²) in [7, 11) is 1.72. The molecule has 1 aliphatic heterocycles. The van der Waals surface area contributed by atoms with Crippen molar-refractivity contribution in [1.29, 1.82) is 0 Å². The monoisotopic (exact) mass is 659 g/mol. The van der Waals surface area contributed by atoms with E-state index in [1.54, 1.807) is 19.3 Å². The number of aromatic nitrogens is 4. The van der Waals surface area contributed by atoms with E-state index in [1.807, 2.05) is 56.3 Å². The molecule has 1 saturated carbocycles. The number of halogens is 1. The van der Waals surface area contributed by atoms with Crippen LogP contribution in [-0.2, 0) is 26.8 Å². The molecule has 3 amide bonds. The molecule has 4 N–H and O–H groups in total. The van der Waals surface area contributed by atoms with E-state index >= 15 is 0 Å². The highest BCUT2D eigenvalue weighted by Crippen LogP contribution is 2.40. The predicted molar refractivity (Wildman–Crippen MR) is 179 cm³/mol. The quantitative estimate of drug-likeness (QED) is 0.186. The minimum Gasteiger partial charge on any atom is -0.378 e. The second-order valence-electron chi connectivity index (χ2n) is 13.6. The van der Waals surface area contributed by atoms with Gasteiger partial charge in [0.2, 0.25) is 11.8 Å². The first-order valence-corrected chi connectivity index (χ1v) is 16.5. The average Bonchev–Trinajstić information content (AvgIpc) is 3.38. The number of nitrogens with zero attached hydrogens (tertiary/aromatic N) is 3. The van der Waals surface area contributed by atoms with Gasteiger partial charge < -0.3 is 25.7 Å². The van der Waals surface area contributed by atoms with Crippen LogP contribution in [-0.4, -0.2) is 62.8 Å². The molecule has 0 spiro atoms. The van der Waals surface area contributed by atoms with Crippen molar-refractivity contribution < 1.29 is 19.1 Å². The molecule has 2 aromatic carbocycles. The molecule has 0 radical (unpaired) electrons. The number of H-pyrrole nitrogens is 1. The smallest absolute Gasteiger partial charge is 0.270 e. The molecule has 0 bridgehead atoms. The Labute approximate surface area is 279 Å². The van der Waals surface area contributed by atoms with Crippen LogP contribution >= 0.6 is 11.6 Å². The maximum atomic E-state index is 13.7. The second-order valence-corrected chi connectivity index (χ2v) is 14.0. The molecule has 4 unspecified atom stereocenters. The summed E-state index contributed by atoms with van der Waals surface area (Å²) in [6, 6.07) is 14.3. The van der Waals surface area contributed by atoms with E-state index in [2.05, 4.69) is 39.9 Å². The Morgan fingerprint density at radius 1 is 1.06 bits per heavy atom. The summed E-state index contributed by atoms with van der Waals surface area (Å²) in [5.41, 5.74) is 2.59. The summed E-state index contributed by atoms with van der Waals surface area (Å²) in [6.07, 6.45) is 3.58. The Morgan fingerprint density at radius 3 is 2.51 bits per heavy atom. The normalized spacial score (nSPS) is 19.5. The predicted octanol–water partition coefficient (Wildman–Crippen LogP) is 4.55. The number of hydrogen-bond donors (Lipinski definition) is 4. The fourth-order valence-electron chi connectivity index (χ4n) is 6.35. The molecule has 2 fully saturated rings. The van der Waals surface area contributed by atoms with Gasteiger partial charge in [0, 0.05) is 30.2 Å². The molecule has 2 aliphatic rings. The summed E-state index contributed by atoms with van der Waals surface area (Å²) in [4.78, 5) is 48.4. The van der Waals surface area contributed by atoms with Gasteiger partial charge >= 0.3 is 0 Å². The number of nitrogens with one attached hydrogen (secondary N) is 4. The Balaban J connectivity index is 1.29. The van der Waals surface area contributed by atoms with Crippen molar-refractivity contribution in [1.82, 2.24) is 35.7 Å². The van der Waals surface area contributed by atoms with Gasteiger partial charge in [0.05, 0.1) is 47.7 Å². The van der Waals surface area contributed by atoms with Gasteiger partial charge in [0.1, 0.15) is 11.5 Å². The standard InChI is InChI=1S/C35H42ClN7O4/c1-19(2)29(22-8-6-7-9-24(22)36)30(42-33(45)28-14-15-37-43(28)5)31-39-25-13-10-20(16-26(25)40-31)35(3,4)34(46)41-27-18-47-17-23(27)32(44)38-21-11-12-21/h6-10,13-16,19,21,23,27,29-30H,11-12,17-18H2,1-5H3,(H,38,44)(H,39,40)(H,41,46)(H,42,45). The van der Waals surface area contributed by atoms with E-state index < -0.39 is 23.4 Å². The fraction of sp³-hybridized carbons (Fsp3) is 0.457. The highest BCUT2D eigenvalue weighted by molar-refractivity contribution is 6.31. The van der Waals surface area contributed by atoms with Crippen LogP contribution in [0.2, 0.25) is 5.02 Å². The number of hydrogen-bond acceptors (Lipinski definition) is 6. The van der Waals surface area contributed by atoms with Crippen molar-refractivity contribution >= 4 is 40.4 Å². The van der Waals surface area contributed by atoms with Gasteiger partial charge in [-0.05, 0) is 68.0 Å². The zero-order valence-corrected chi connectivity index (χ0v) is 28.1. The molecular weight excluding hydrogens is 618 g/mol. The largest absolute Gasteiger partial charge is 0.378 e. The summed E-state index contributed by atoms with van der Waals surface area (Å²) >= 11 is 6.72. The minimum atomic E-state index is -0.926. The Kier molecular flexibility index (Phi) is 9.13. The summed E-state index contributed by atoms with van der Waals surface area (Å²) in [5.74, 6) is -0.543. The van der Waals surface area contributed by atoms with Gasteiger partial charge in [-0.2, -0.15) is 5.10 Å². The van der Waals surface area contributed by atoms with Gasteiger partial charge in [-0.3, -0.25) is 19.1 Å².